The highest BCUT2D eigenvalue weighted by molar-refractivity contribution is 5.29. The lowest BCUT2D eigenvalue weighted by Crippen LogP contribution is -2.06. The van der Waals surface area contributed by atoms with Gasteiger partial charge in [-0.15, -0.1) is 0 Å². The van der Waals surface area contributed by atoms with Crippen LogP contribution in [0, 0.1) is 11.7 Å². The molecule has 1 fully saturated rings. The summed E-state index contributed by atoms with van der Waals surface area (Å²) in [6.45, 7) is 1.99. The standard InChI is InChI=1S/C10H11FO/c1-7-6-10(7,12)8-2-4-9(11)5-3-8/h2-5,7,12H,6H2,1H3. The molecular weight excluding hydrogens is 155 g/mol. The number of halogens is 1. The first-order chi connectivity index (χ1) is 5.63. The van der Waals surface area contributed by atoms with Crippen LogP contribution in [-0.2, 0) is 5.60 Å². The Balaban J connectivity index is 2.31. The molecule has 64 valence electrons. The van der Waals surface area contributed by atoms with Crippen molar-refractivity contribution in [3.05, 3.63) is 35.6 Å². The molecule has 1 aromatic rings. The molecular formula is C10H11FO. The monoisotopic (exact) mass is 166 g/mol. The maximum atomic E-state index is 12.5. The number of hydrogen-bond acceptors (Lipinski definition) is 1. The van der Waals surface area contributed by atoms with Gasteiger partial charge < -0.3 is 5.11 Å². The summed E-state index contributed by atoms with van der Waals surface area (Å²) in [4.78, 5) is 0. The van der Waals surface area contributed by atoms with Crippen LogP contribution in [0.2, 0.25) is 0 Å². The molecule has 0 aliphatic heterocycles. The SMILES string of the molecule is CC1CC1(O)c1ccc(F)cc1. The van der Waals surface area contributed by atoms with Crippen molar-refractivity contribution in [2.75, 3.05) is 0 Å². The topological polar surface area (TPSA) is 20.2 Å². The Bertz CT molecular complexity index is 293. The van der Waals surface area contributed by atoms with E-state index in [4.69, 9.17) is 0 Å². The molecule has 1 nitrogen and oxygen atoms in total. The van der Waals surface area contributed by atoms with E-state index in [0.717, 1.165) is 12.0 Å². The van der Waals surface area contributed by atoms with Crippen LogP contribution in [0.1, 0.15) is 18.9 Å². The first-order valence-electron chi connectivity index (χ1n) is 4.11. The largest absolute Gasteiger partial charge is 0.385 e. The van der Waals surface area contributed by atoms with Crippen molar-refractivity contribution in [1.29, 1.82) is 0 Å². The van der Waals surface area contributed by atoms with E-state index in [9.17, 15) is 9.50 Å². The van der Waals surface area contributed by atoms with Gasteiger partial charge in [-0.2, -0.15) is 0 Å². The maximum Gasteiger partial charge on any atom is 0.123 e. The molecule has 0 aromatic heterocycles. The predicted molar refractivity (Wildman–Crippen MR) is 44.1 cm³/mol. The lowest BCUT2D eigenvalue weighted by atomic mass is 10.1. The van der Waals surface area contributed by atoms with Crippen molar-refractivity contribution in [3.63, 3.8) is 0 Å². The lowest BCUT2D eigenvalue weighted by Gasteiger charge is -2.08. The molecule has 2 unspecified atom stereocenters. The van der Waals surface area contributed by atoms with E-state index in [1.807, 2.05) is 6.92 Å². The second kappa shape index (κ2) is 2.30. The smallest absolute Gasteiger partial charge is 0.123 e. The van der Waals surface area contributed by atoms with Crippen LogP contribution < -0.4 is 0 Å². The van der Waals surface area contributed by atoms with Gasteiger partial charge in [0.25, 0.3) is 0 Å². The number of hydrogen-bond donors (Lipinski definition) is 1. The summed E-state index contributed by atoms with van der Waals surface area (Å²) in [7, 11) is 0. The molecule has 0 amide bonds. The van der Waals surface area contributed by atoms with Crippen molar-refractivity contribution in [2.24, 2.45) is 5.92 Å². The highest BCUT2D eigenvalue weighted by Gasteiger charge is 2.50. The molecule has 12 heavy (non-hydrogen) atoms. The molecule has 0 spiro atoms. The second-order valence-corrected chi connectivity index (χ2v) is 3.54. The fourth-order valence-electron chi connectivity index (χ4n) is 1.55. The Hall–Kier alpha value is -0.890. The molecule has 0 heterocycles. The Morgan fingerprint density at radius 2 is 1.92 bits per heavy atom. The van der Waals surface area contributed by atoms with Crippen LogP contribution in [-0.4, -0.2) is 5.11 Å². The Morgan fingerprint density at radius 3 is 2.33 bits per heavy atom. The van der Waals surface area contributed by atoms with Gasteiger partial charge in [0.15, 0.2) is 0 Å². The molecule has 0 saturated heterocycles. The average molecular weight is 166 g/mol. The third kappa shape index (κ3) is 1.03. The zero-order valence-corrected chi connectivity index (χ0v) is 6.92. The number of aliphatic hydroxyl groups is 1. The fourth-order valence-corrected chi connectivity index (χ4v) is 1.55. The molecule has 1 N–H and O–H groups in total. The van der Waals surface area contributed by atoms with Gasteiger partial charge in [-0.05, 0) is 30.0 Å². The molecule has 2 rings (SSSR count). The highest BCUT2D eigenvalue weighted by atomic mass is 19.1. The summed E-state index contributed by atoms with van der Waals surface area (Å²) in [6, 6.07) is 6.08. The van der Waals surface area contributed by atoms with Gasteiger partial charge in [0, 0.05) is 0 Å². The van der Waals surface area contributed by atoms with Crippen molar-refractivity contribution >= 4 is 0 Å². The first kappa shape index (κ1) is 7.74. The summed E-state index contributed by atoms with van der Waals surface area (Å²) in [5.41, 5.74) is 0.157. The summed E-state index contributed by atoms with van der Waals surface area (Å²) < 4.78 is 12.5. The van der Waals surface area contributed by atoms with Crippen molar-refractivity contribution < 1.29 is 9.50 Å². The van der Waals surface area contributed by atoms with Crippen molar-refractivity contribution in [2.45, 2.75) is 18.9 Å². The maximum absolute atomic E-state index is 12.5. The number of rotatable bonds is 1. The van der Waals surface area contributed by atoms with Gasteiger partial charge in [0.05, 0.1) is 5.60 Å². The predicted octanol–water partition coefficient (Wildman–Crippen LogP) is 2.05. The molecule has 0 bridgehead atoms. The van der Waals surface area contributed by atoms with E-state index in [0.29, 0.717) is 5.92 Å². The zero-order valence-electron chi connectivity index (χ0n) is 6.92. The van der Waals surface area contributed by atoms with Crippen LogP contribution in [0.25, 0.3) is 0 Å². The van der Waals surface area contributed by atoms with Crippen LogP contribution in [0.5, 0.6) is 0 Å². The summed E-state index contributed by atoms with van der Waals surface area (Å²) >= 11 is 0. The molecule has 2 atom stereocenters. The summed E-state index contributed by atoms with van der Waals surface area (Å²) in [5.74, 6) is 0.0543. The minimum atomic E-state index is -0.673. The van der Waals surface area contributed by atoms with Crippen LogP contribution in [0.3, 0.4) is 0 Å². The quantitative estimate of drug-likeness (QED) is 0.677. The van der Waals surface area contributed by atoms with Gasteiger partial charge in [-0.3, -0.25) is 0 Å². The van der Waals surface area contributed by atoms with E-state index >= 15 is 0 Å². The van der Waals surface area contributed by atoms with E-state index < -0.39 is 5.60 Å². The average Bonchev–Trinajstić information content (AvgIpc) is 2.62. The summed E-state index contributed by atoms with van der Waals surface area (Å²) in [6.07, 6.45) is 0.790. The highest BCUT2D eigenvalue weighted by Crippen LogP contribution is 2.51. The third-order valence-electron chi connectivity index (χ3n) is 2.62. The van der Waals surface area contributed by atoms with Gasteiger partial charge in [-0.1, -0.05) is 19.1 Å². The normalized spacial score (nSPS) is 33.4. The molecule has 1 aromatic carbocycles. The molecule has 1 aliphatic carbocycles. The van der Waals surface area contributed by atoms with Crippen molar-refractivity contribution in [3.8, 4) is 0 Å². The lowest BCUT2D eigenvalue weighted by molar-refractivity contribution is 0.134. The molecule has 0 radical (unpaired) electrons. The fraction of sp³-hybridized carbons (Fsp3) is 0.400. The van der Waals surface area contributed by atoms with E-state index in [1.165, 1.54) is 12.1 Å². The van der Waals surface area contributed by atoms with Gasteiger partial charge in [0.2, 0.25) is 0 Å². The molecule has 1 aliphatic rings. The zero-order chi connectivity index (χ0) is 8.77. The molecule has 1 saturated carbocycles. The van der Waals surface area contributed by atoms with Crippen LogP contribution in [0.4, 0.5) is 4.39 Å². The van der Waals surface area contributed by atoms with E-state index in [2.05, 4.69) is 0 Å². The summed E-state index contributed by atoms with van der Waals surface area (Å²) in [5, 5.41) is 9.84. The van der Waals surface area contributed by atoms with Crippen LogP contribution in [0.15, 0.2) is 24.3 Å². The van der Waals surface area contributed by atoms with E-state index in [-0.39, 0.29) is 5.82 Å². The Labute approximate surface area is 70.8 Å². The minimum absolute atomic E-state index is 0.254. The first-order valence-corrected chi connectivity index (χ1v) is 4.11. The van der Waals surface area contributed by atoms with Gasteiger partial charge in [-0.25, -0.2) is 4.39 Å². The Morgan fingerprint density at radius 1 is 1.42 bits per heavy atom. The molecule has 2 heteroatoms. The van der Waals surface area contributed by atoms with Gasteiger partial charge >= 0.3 is 0 Å². The van der Waals surface area contributed by atoms with Crippen LogP contribution >= 0.6 is 0 Å². The van der Waals surface area contributed by atoms with Gasteiger partial charge in [0.1, 0.15) is 5.82 Å². The van der Waals surface area contributed by atoms with E-state index in [1.54, 1.807) is 12.1 Å². The number of benzene rings is 1. The second-order valence-electron chi connectivity index (χ2n) is 3.54. The van der Waals surface area contributed by atoms with Crippen molar-refractivity contribution in [1.82, 2.24) is 0 Å². The minimum Gasteiger partial charge on any atom is -0.385 e. The third-order valence-corrected chi connectivity index (χ3v) is 2.62. The Kier molecular flexibility index (Phi) is 1.48.